The average molecular weight is 333 g/mol. The van der Waals surface area contributed by atoms with Gasteiger partial charge in [-0.05, 0) is 46.4 Å². The largest absolute Gasteiger partial charge is 0.113 e. The molecule has 0 heterocycles. The van der Waals surface area contributed by atoms with Gasteiger partial charge in [-0.15, -0.1) is 5.73 Å². The van der Waals surface area contributed by atoms with Gasteiger partial charge in [-0.1, -0.05) is 96.1 Å². The Morgan fingerprint density at radius 3 is 1.76 bits per heavy atom. The highest BCUT2D eigenvalue weighted by atomic mass is 14.2. The fourth-order valence-corrected chi connectivity index (χ4v) is 3.11. The van der Waals surface area contributed by atoms with E-state index in [2.05, 4.69) is 109 Å². The molecule has 0 saturated heterocycles. The molecule has 0 atom stereocenters. The lowest BCUT2D eigenvalue weighted by atomic mass is 9.85. The van der Waals surface area contributed by atoms with Crippen LogP contribution in [-0.4, -0.2) is 0 Å². The third kappa shape index (κ3) is 5.76. The third-order valence-corrected chi connectivity index (χ3v) is 4.24. The van der Waals surface area contributed by atoms with E-state index >= 15 is 0 Å². The monoisotopic (exact) mass is 332 g/mol. The van der Waals surface area contributed by atoms with Gasteiger partial charge in [-0.2, -0.15) is 0 Å². The van der Waals surface area contributed by atoms with Crippen molar-refractivity contribution in [1.29, 1.82) is 0 Å². The maximum Gasteiger partial charge on any atom is 0.0308 e. The van der Waals surface area contributed by atoms with Gasteiger partial charge in [0.2, 0.25) is 0 Å². The Bertz CT molecular complexity index is 754. The molecular formula is C25H32. The molecule has 0 nitrogen and oxygen atoms in total. The normalized spacial score (nSPS) is 11.8. The molecule has 2 aromatic carbocycles. The third-order valence-electron chi connectivity index (χ3n) is 4.24. The van der Waals surface area contributed by atoms with Gasteiger partial charge < -0.3 is 0 Å². The molecule has 0 aliphatic carbocycles. The van der Waals surface area contributed by atoms with Crippen LogP contribution in [-0.2, 0) is 5.41 Å². The molecular weight excluding hydrogens is 300 g/mol. The average Bonchev–Trinajstić information content (AvgIpc) is 2.51. The van der Waals surface area contributed by atoms with Crippen LogP contribution in [0.25, 0.3) is 5.57 Å². The zero-order valence-electron chi connectivity index (χ0n) is 16.9. The zero-order chi connectivity index (χ0) is 18.7. The molecule has 0 heteroatoms. The van der Waals surface area contributed by atoms with Crippen LogP contribution in [0.1, 0.15) is 71.6 Å². The van der Waals surface area contributed by atoms with E-state index in [0.717, 1.165) is 6.42 Å². The highest BCUT2D eigenvalue weighted by molar-refractivity contribution is 5.79. The number of hydrogen-bond acceptors (Lipinski definition) is 0. The fourth-order valence-electron chi connectivity index (χ4n) is 3.11. The van der Waals surface area contributed by atoms with Crippen molar-refractivity contribution in [2.24, 2.45) is 5.41 Å². The van der Waals surface area contributed by atoms with Gasteiger partial charge in [0.1, 0.15) is 0 Å². The number of allylic oxidation sites excluding steroid dienone is 1. The van der Waals surface area contributed by atoms with Gasteiger partial charge in [0.15, 0.2) is 0 Å². The van der Waals surface area contributed by atoms with Crippen molar-refractivity contribution in [2.75, 3.05) is 0 Å². The van der Waals surface area contributed by atoms with E-state index in [1.165, 1.54) is 27.8 Å². The van der Waals surface area contributed by atoms with E-state index in [1.807, 2.05) is 0 Å². The predicted octanol–water partition coefficient (Wildman–Crippen LogP) is 7.40. The molecule has 0 spiro atoms. The van der Waals surface area contributed by atoms with Crippen LogP contribution in [0.2, 0.25) is 0 Å². The first-order valence-electron chi connectivity index (χ1n) is 9.19. The molecule has 0 aliphatic rings. The van der Waals surface area contributed by atoms with Gasteiger partial charge in [0.05, 0.1) is 0 Å². The zero-order valence-corrected chi connectivity index (χ0v) is 16.9. The fraction of sp³-hybridized carbons (Fsp3) is 0.400. The Balaban J connectivity index is 2.55. The summed E-state index contributed by atoms with van der Waals surface area (Å²) in [5.74, 6) is 0. The van der Waals surface area contributed by atoms with E-state index in [-0.39, 0.29) is 10.8 Å². The van der Waals surface area contributed by atoms with Crippen LogP contribution in [0.5, 0.6) is 0 Å². The minimum atomic E-state index is 0.174. The molecule has 0 unspecified atom stereocenters. The van der Waals surface area contributed by atoms with Gasteiger partial charge in [-0.3, -0.25) is 0 Å². The first-order chi connectivity index (χ1) is 11.6. The molecule has 0 fully saturated rings. The van der Waals surface area contributed by atoms with Crippen molar-refractivity contribution < 1.29 is 0 Å². The van der Waals surface area contributed by atoms with Crippen LogP contribution in [0, 0.1) is 5.41 Å². The lowest BCUT2D eigenvalue weighted by Gasteiger charge is -2.20. The summed E-state index contributed by atoms with van der Waals surface area (Å²) in [5.41, 5.74) is 10.4. The highest BCUT2D eigenvalue weighted by Crippen LogP contribution is 2.29. The predicted molar refractivity (Wildman–Crippen MR) is 111 cm³/mol. The first-order valence-corrected chi connectivity index (χ1v) is 9.19. The molecule has 0 aliphatic heterocycles. The summed E-state index contributed by atoms with van der Waals surface area (Å²) in [5, 5.41) is 0. The molecule has 2 aromatic rings. The molecule has 0 radical (unpaired) electrons. The van der Waals surface area contributed by atoms with Crippen LogP contribution in [0.4, 0.5) is 0 Å². The van der Waals surface area contributed by atoms with Crippen molar-refractivity contribution in [2.45, 2.75) is 60.3 Å². The van der Waals surface area contributed by atoms with Crippen LogP contribution in [0.3, 0.4) is 0 Å². The maximum absolute atomic E-state index is 3.70. The lowest BCUT2D eigenvalue weighted by Crippen LogP contribution is -2.10. The summed E-state index contributed by atoms with van der Waals surface area (Å²) in [4.78, 5) is 0. The summed E-state index contributed by atoms with van der Waals surface area (Å²) < 4.78 is 0. The first kappa shape index (κ1) is 19.3. The maximum atomic E-state index is 3.70. The minimum Gasteiger partial charge on any atom is -0.113 e. The molecule has 132 valence electrons. The molecule has 0 bridgehead atoms. The molecule has 0 amide bonds. The van der Waals surface area contributed by atoms with Gasteiger partial charge >= 0.3 is 0 Å². The number of rotatable bonds is 3. The standard InChI is InChI=1S/C25H32/c1-19(18-24(2,3)4)17-23(20-11-9-8-10-12-20)21-13-15-22(16-14-21)25(5,6)7/h8-16H,18H2,1-7H3. The second kappa shape index (κ2) is 7.46. The van der Waals surface area contributed by atoms with Gasteiger partial charge in [0, 0.05) is 5.57 Å². The minimum absolute atomic E-state index is 0.174. The van der Waals surface area contributed by atoms with E-state index in [9.17, 15) is 0 Å². The smallest absolute Gasteiger partial charge is 0.0308 e. The van der Waals surface area contributed by atoms with Crippen molar-refractivity contribution in [3.63, 3.8) is 0 Å². The number of hydrogen-bond donors (Lipinski definition) is 0. The van der Waals surface area contributed by atoms with Crippen LogP contribution in [0.15, 0.2) is 65.9 Å². The number of benzene rings is 2. The Hall–Kier alpha value is -2.04. The Morgan fingerprint density at radius 1 is 0.760 bits per heavy atom. The van der Waals surface area contributed by atoms with Crippen molar-refractivity contribution in [3.8, 4) is 0 Å². The van der Waals surface area contributed by atoms with Gasteiger partial charge in [0.25, 0.3) is 0 Å². The summed E-state index contributed by atoms with van der Waals surface area (Å²) in [6.07, 6.45) is 1.05. The van der Waals surface area contributed by atoms with Crippen LogP contribution < -0.4 is 0 Å². The molecule has 25 heavy (non-hydrogen) atoms. The van der Waals surface area contributed by atoms with Crippen molar-refractivity contribution in [1.82, 2.24) is 0 Å². The van der Waals surface area contributed by atoms with E-state index in [4.69, 9.17) is 0 Å². The summed E-state index contributed by atoms with van der Waals surface area (Å²) in [7, 11) is 0. The van der Waals surface area contributed by atoms with Crippen LogP contribution >= 0.6 is 0 Å². The second-order valence-electron chi connectivity index (χ2n) is 9.21. The topological polar surface area (TPSA) is 0 Å². The summed E-state index contributed by atoms with van der Waals surface area (Å²) >= 11 is 0. The Labute approximate surface area is 154 Å². The quantitative estimate of drug-likeness (QED) is 0.514. The SMILES string of the molecule is CC(=C=C(c1ccccc1)c1ccc(C(C)(C)C)cc1)CC(C)(C)C. The molecule has 0 saturated carbocycles. The van der Waals surface area contributed by atoms with Crippen molar-refractivity contribution >= 4 is 5.57 Å². The Kier molecular flexibility index (Phi) is 5.76. The van der Waals surface area contributed by atoms with E-state index in [0.29, 0.717) is 0 Å². The van der Waals surface area contributed by atoms with E-state index < -0.39 is 0 Å². The summed E-state index contributed by atoms with van der Waals surface area (Å²) in [6.45, 7) is 15.8. The van der Waals surface area contributed by atoms with E-state index in [1.54, 1.807) is 0 Å². The molecule has 2 rings (SSSR count). The molecule has 0 N–H and O–H groups in total. The molecule has 0 aromatic heterocycles. The second-order valence-corrected chi connectivity index (χ2v) is 9.21. The lowest BCUT2D eigenvalue weighted by molar-refractivity contribution is 0.410. The summed E-state index contributed by atoms with van der Waals surface area (Å²) in [6, 6.07) is 19.6. The highest BCUT2D eigenvalue weighted by Gasteiger charge is 2.14. The van der Waals surface area contributed by atoms with Crippen molar-refractivity contribution in [3.05, 3.63) is 82.6 Å². The Morgan fingerprint density at radius 2 is 1.28 bits per heavy atom. The van der Waals surface area contributed by atoms with Gasteiger partial charge in [-0.25, -0.2) is 0 Å².